The number of rotatable bonds is 9. The molecule has 12 heteroatoms. The van der Waals surface area contributed by atoms with E-state index < -0.39 is 47.2 Å². The van der Waals surface area contributed by atoms with Crippen molar-refractivity contribution in [3.8, 4) is 0 Å². The lowest BCUT2D eigenvalue weighted by Crippen LogP contribution is -2.39. The quantitative estimate of drug-likeness (QED) is 0.233. The van der Waals surface area contributed by atoms with Crippen LogP contribution in [0.1, 0.15) is 66.9 Å². The number of aliphatic imine (C=N–C) groups is 1. The number of amides is 2. The SMILES string of the molecule is CC1=NC(C)=C(C(=O)OCCNC(=O)OC(C)(C)C)C(c2cccc(Cl)c2)C1C(=O)OCCNC(=O)OC(C)(C)C. The molecule has 0 radical (unpaired) electrons. The fourth-order valence-electron chi connectivity index (χ4n) is 4.07. The molecule has 2 atom stereocenters. The van der Waals surface area contributed by atoms with Gasteiger partial charge in [-0.2, -0.15) is 0 Å². The molecule has 1 aliphatic rings. The summed E-state index contributed by atoms with van der Waals surface area (Å²) >= 11 is 6.26. The Morgan fingerprint density at radius 3 is 1.93 bits per heavy atom. The first-order valence-electron chi connectivity index (χ1n) is 13.3. The van der Waals surface area contributed by atoms with Gasteiger partial charge in [0.2, 0.25) is 0 Å². The van der Waals surface area contributed by atoms with E-state index >= 15 is 0 Å². The Hall–Kier alpha value is -3.60. The smallest absolute Gasteiger partial charge is 0.407 e. The summed E-state index contributed by atoms with van der Waals surface area (Å²) in [6, 6.07) is 6.82. The zero-order valence-electron chi connectivity index (χ0n) is 24.9. The number of carbonyl (C=O) groups is 4. The molecule has 1 aromatic carbocycles. The van der Waals surface area contributed by atoms with Crippen molar-refractivity contribution in [2.45, 2.75) is 72.5 Å². The number of benzene rings is 1. The molecule has 0 saturated carbocycles. The minimum Gasteiger partial charge on any atom is -0.463 e. The molecule has 11 nitrogen and oxygen atoms in total. The van der Waals surface area contributed by atoms with Gasteiger partial charge in [-0.3, -0.25) is 9.79 Å². The summed E-state index contributed by atoms with van der Waals surface area (Å²) < 4.78 is 21.3. The average molecular weight is 594 g/mol. The topological polar surface area (TPSA) is 142 Å². The summed E-state index contributed by atoms with van der Waals surface area (Å²) in [4.78, 5) is 54.9. The minimum atomic E-state index is -0.957. The lowest BCUT2D eigenvalue weighted by atomic mass is 9.75. The molecule has 0 bridgehead atoms. The number of hydrogen-bond donors (Lipinski definition) is 2. The summed E-state index contributed by atoms with van der Waals surface area (Å²) in [6.45, 7) is 13.6. The normalized spacial score (nSPS) is 17.2. The molecular formula is C29H40ClN3O8. The number of alkyl carbamates (subject to hydrolysis) is 2. The molecule has 1 aliphatic heterocycles. The van der Waals surface area contributed by atoms with Gasteiger partial charge >= 0.3 is 24.1 Å². The van der Waals surface area contributed by atoms with Gasteiger partial charge in [-0.1, -0.05) is 23.7 Å². The molecular weight excluding hydrogens is 554 g/mol. The van der Waals surface area contributed by atoms with E-state index in [2.05, 4.69) is 15.6 Å². The fraction of sp³-hybridized carbons (Fsp3) is 0.552. The Labute approximate surface area is 246 Å². The number of allylic oxidation sites excluding steroid dienone is 1. The zero-order chi connectivity index (χ0) is 31.0. The molecule has 2 N–H and O–H groups in total. The van der Waals surface area contributed by atoms with Crippen LogP contribution in [0, 0.1) is 5.92 Å². The molecule has 0 spiro atoms. The Bertz CT molecular complexity index is 1200. The van der Waals surface area contributed by atoms with Crippen LogP contribution in [0.15, 0.2) is 40.5 Å². The number of esters is 2. The lowest BCUT2D eigenvalue weighted by molar-refractivity contribution is -0.146. The van der Waals surface area contributed by atoms with Crippen LogP contribution in [-0.4, -0.2) is 67.3 Å². The highest BCUT2D eigenvalue weighted by Crippen LogP contribution is 2.40. The molecule has 226 valence electrons. The average Bonchev–Trinajstić information content (AvgIpc) is 2.81. The third kappa shape index (κ3) is 11.1. The van der Waals surface area contributed by atoms with E-state index in [4.69, 9.17) is 30.5 Å². The molecule has 0 saturated heterocycles. The monoisotopic (exact) mass is 593 g/mol. The first-order chi connectivity index (χ1) is 19.0. The van der Waals surface area contributed by atoms with Gasteiger partial charge < -0.3 is 29.6 Å². The maximum Gasteiger partial charge on any atom is 0.407 e. The van der Waals surface area contributed by atoms with Crippen LogP contribution in [0.4, 0.5) is 9.59 Å². The fourth-order valence-corrected chi connectivity index (χ4v) is 4.26. The van der Waals surface area contributed by atoms with Crippen LogP contribution in [0.3, 0.4) is 0 Å². The predicted octanol–water partition coefficient (Wildman–Crippen LogP) is 4.92. The van der Waals surface area contributed by atoms with Crippen molar-refractivity contribution in [1.29, 1.82) is 0 Å². The standard InChI is InChI=1S/C29H40ClN3O8/c1-17-21(24(34)38-14-12-31-26(36)40-28(3,4)5)23(19-10-9-11-20(30)16-19)22(18(2)33-17)25(35)39-15-13-32-27(37)41-29(6,7)8/h9-11,16,21,23H,12-15H2,1-8H3,(H,31,36)(H,32,37). The molecule has 2 rings (SSSR count). The van der Waals surface area contributed by atoms with E-state index in [1.54, 1.807) is 79.7 Å². The largest absolute Gasteiger partial charge is 0.463 e. The highest BCUT2D eigenvalue weighted by molar-refractivity contribution is 6.30. The lowest BCUT2D eigenvalue weighted by Gasteiger charge is -2.31. The second-order valence-electron chi connectivity index (χ2n) is 11.4. The second-order valence-corrected chi connectivity index (χ2v) is 11.9. The van der Waals surface area contributed by atoms with Crippen molar-refractivity contribution in [3.05, 3.63) is 46.1 Å². The van der Waals surface area contributed by atoms with Crippen molar-refractivity contribution in [2.75, 3.05) is 26.3 Å². The summed E-state index contributed by atoms with van der Waals surface area (Å²) in [5.74, 6) is -3.09. The van der Waals surface area contributed by atoms with Gasteiger partial charge in [-0.25, -0.2) is 14.4 Å². The Morgan fingerprint density at radius 1 is 0.878 bits per heavy atom. The van der Waals surface area contributed by atoms with E-state index in [1.165, 1.54) is 0 Å². The maximum absolute atomic E-state index is 13.4. The molecule has 0 aliphatic carbocycles. The van der Waals surface area contributed by atoms with Gasteiger partial charge in [-0.15, -0.1) is 0 Å². The van der Waals surface area contributed by atoms with Crippen LogP contribution in [0.25, 0.3) is 0 Å². The number of nitrogens with zero attached hydrogens (tertiary/aromatic N) is 1. The van der Waals surface area contributed by atoms with Gasteiger partial charge in [0, 0.05) is 22.3 Å². The van der Waals surface area contributed by atoms with E-state index in [9.17, 15) is 19.2 Å². The summed E-state index contributed by atoms with van der Waals surface area (Å²) in [5.41, 5.74) is 0.263. The van der Waals surface area contributed by atoms with Crippen molar-refractivity contribution in [3.63, 3.8) is 0 Å². The van der Waals surface area contributed by atoms with E-state index in [-0.39, 0.29) is 31.9 Å². The van der Waals surface area contributed by atoms with E-state index in [1.807, 2.05) is 0 Å². The predicted molar refractivity (Wildman–Crippen MR) is 154 cm³/mol. The van der Waals surface area contributed by atoms with E-state index in [0.717, 1.165) is 0 Å². The molecule has 2 unspecified atom stereocenters. The van der Waals surface area contributed by atoms with Crippen molar-refractivity contribution >= 4 is 41.4 Å². The molecule has 1 aromatic rings. The van der Waals surface area contributed by atoms with Gasteiger partial charge in [0.15, 0.2) is 0 Å². The maximum atomic E-state index is 13.4. The third-order valence-electron chi connectivity index (χ3n) is 5.53. The molecule has 2 amide bonds. The van der Waals surface area contributed by atoms with Gasteiger partial charge in [0.1, 0.15) is 30.3 Å². The molecule has 0 aromatic heterocycles. The number of halogens is 1. The zero-order valence-corrected chi connectivity index (χ0v) is 25.6. The van der Waals surface area contributed by atoms with Crippen LogP contribution in [0.2, 0.25) is 5.02 Å². The summed E-state index contributed by atoms with van der Waals surface area (Å²) in [5, 5.41) is 5.48. The van der Waals surface area contributed by atoms with Gasteiger partial charge in [0.05, 0.1) is 18.7 Å². The molecule has 1 heterocycles. The van der Waals surface area contributed by atoms with Gasteiger partial charge in [0.25, 0.3) is 0 Å². The Balaban J connectivity index is 2.18. The second kappa shape index (κ2) is 14.3. The number of ether oxygens (including phenoxy) is 4. The number of nitrogens with one attached hydrogen (secondary N) is 2. The van der Waals surface area contributed by atoms with Crippen LogP contribution in [0.5, 0.6) is 0 Å². The third-order valence-corrected chi connectivity index (χ3v) is 5.76. The molecule has 0 fully saturated rings. The minimum absolute atomic E-state index is 0.0211. The van der Waals surface area contributed by atoms with Crippen LogP contribution in [-0.2, 0) is 28.5 Å². The number of hydrogen-bond acceptors (Lipinski definition) is 9. The van der Waals surface area contributed by atoms with Crippen molar-refractivity contribution < 1.29 is 38.1 Å². The van der Waals surface area contributed by atoms with Crippen LogP contribution < -0.4 is 10.6 Å². The first-order valence-corrected chi connectivity index (χ1v) is 13.6. The van der Waals surface area contributed by atoms with Crippen molar-refractivity contribution in [2.24, 2.45) is 10.9 Å². The van der Waals surface area contributed by atoms with Gasteiger partial charge in [-0.05, 0) is 73.1 Å². The number of carbonyl (C=O) groups excluding carboxylic acids is 4. The summed E-state index contributed by atoms with van der Waals surface area (Å²) in [7, 11) is 0. The van der Waals surface area contributed by atoms with Crippen LogP contribution >= 0.6 is 11.6 Å². The Kier molecular flexibility index (Phi) is 11.8. The van der Waals surface area contributed by atoms with Crippen molar-refractivity contribution in [1.82, 2.24) is 10.6 Å². The summed E-state index contributed by atoms with van der Waals surface area (Å²) in [6.07, 6.45) is -1.27. The highest BCUT2D eigenvalue weighted by Gasteiger charge is 2.42. The highest BCUT2D eigenvalue weighted by atomic mass is 35.5. The first kappa shape index (κ1) is 33.6. The van der Waals surface area contributed by atoms with E-state index in [0.29, 0.717) is 22.0 Å². The molecule has 41 heavy (non-hydrogen) atoms. The Morgan fingerprint density at radius 2 is 1.41 bits per heavy atom.